The van der Waals surface area contributed by atoms with Gasteiger partial charge in [0.05, 0.1) is 5.70 Å². The van der Waals surface area contributed by atoms with Crippen LogP contribution in [0.2, 0.25) is 0 Å². The SMILES string of the molecule is CCC/C=C(\C)N/C=C(\C)C1=CC(C)=C2C=CC(N(C)CCC)=CC(=N1)C2.CCCCCN. The number of nitrogens with one attached hydrogen (secondary N) is 1. The van der Waals surface area contributed by atoms with Gasteiger partial charge in [0.25, 0.3) is 0 Å². The van der Waals surface area contributed by atoms with Crippen molar-refractivity contribution in [3.63, 3.8) is 0 Å². The second-order valence-corrected chi connectivity index (χ2v) is 8.99. The molecule has 4 nitrogen and oxygen atoms in total. The first kappa shape index (κ1) is 28.7. The minimum atomic E-state index is 0.855. The van der Waals surface area contributed by atoms with Crippen LogP contribution in [0, 0.1) is 0 Å². The van der Waals surface area contributed by atoms with Gasteiger partial charge in [-0.2, -0.15) is 0 Å². The normalized spacial score (nSPS) is 16.2. The first-order chi connectivity index (χ1) is 15.9. The molecule has 0 spiro atoms. The molecule has 0 atom stereocenters. The van der Waals surface area contributed by atoms with Crippen molar-refractivity contribution < 1.29 is 0 Å². The van der Waals surface area contributed by atoms with Gasteiger partial charge < -0.3 is 16.0 Å². The molecule has 0 saturated carbocycles. The summed E-state index contributed by atoms with van der Waals surface area (Å²) in [7, 11) is 2.15. The molecule has 3 N–H and O–H groups in total. The number of hydrogen-bond acceptors (Lipinski definition) is 4. The molecule has 184 valence electrons. The third-order valence-electron chi connectivity index (χ3n) is 5.73. The lowest BCUT2D eigenvalue weighted by Gasteiger charge is -2.19. The number of nitrogens with two attached hydrogens (primary N) is 1. The molecule has 4 heteroatoms. The van der Waals surface area contributed by atoms with Gasteiger partial charge in [0.1, 0.15) is 0 Å². The Bertz CT molecular complexity index is 815. The maximum absolute atomic E-state index is 5.21. The molecule has 1 aliphatic heterocycles. The van der Waals surface area contributed by atoms with Crippen molar-refractivity contribution in [2.45, 2.75) is 86.5 Å². The van der Waals surface area contributed by atoms with Crippen LogP contribution in [0.15, 0.2) is 75.4 Å². The summed E-state index contributed by atoms with van der Waals surface area (Å²) in [4.78, 5) is 7.31. The van der Waals surface area contributed by atoms with Gasteiger partial charge in [-0.25, -0.2) is 0 Å². The lowest BCUT2D eigenvalue weighted by Crippen LogP contribution is -2.18. The van der Waals surface area contributed by atoms with Gasteiger partial charge in [-0.05, 0) is 81.5 Å². The smallest absolute Gasteiger partial charge is 0.0679 e. The van der Waals surface area contributed by atoms with E-state index in [2.05, 4.69) is 95.4 Å². The third-order valence-corrected chi connectivity index (χ3v) is 5.73. The Kier molecular flexibility index (Phi) is 14.2. The molecule has 0 aromatic carbocycles. The summed E-state index contributed by atoms with van der Waals surface area (Å²) in [5.41, 5.74) is 13.6. The molecule has 0 unspecified atom stereocenters. The van der Waals surface area contributed by atoms with Crippen LogP contribution >= 0.6 is 0 Å². The average Bonchev–Trinajstić information content (AvgIpc) is 3.11. The lowest BCUT2D eigenvalue weighted by atomic mass is 10.0. The summed E-state index contributed by atoms with van der Waals surface area (Å²) < 4.78 is 0. The fourth-order valence-corrected chi connectivity index (χ4v) is 3.55. The number of fused-ring (bicyclic) bond motifs is 2. The highest BCUT2D eigenvalue weighted by molar-refractivity contribution is 6.00. The van der Waals surface area contributed by atoms with Crippen molar-refractivity contribution in [3.8, 4) is 0 Å². The molecule has 2 rings (SSSR count). The number of rotatable bonds is 11. The zero-order valence-corrected chi connectivity index (χ0v) is 22.3. The minimum Gasteiger partial charge on any atom is -0.375 e. The van der Waals surface area contributed by atoms with Crippen LogP contribution in [0.4, 0.5) is 0 Å². The fourth-order valence-electron chi connectivity index (χ4n) is 3.55. The second-order valence-electron chi connectivity index (χ2n) is 8.99. The predicted molar refractivity (Wildman–Crippen MR) is 147 cm³/mol. The number of hydrogen-bond donors (Lipinski definition) is 2. The number of unbranched alkanes of at least 4 members (excludes halogenated alkanes) is 3. The maximum atomic E-state index is 5.21. The van der Waals surface area contributed by atoms with Gasteiger partial charge in [-0.15, -0.1) is 0 Å². The lowest BCUT2D eigenvalue weighted by molar-refractivity contribution is 0.430. The standard InChI is InChI=1S/C24H35N3.C5H13N/c1-7-9-10-20(5)25-17-19(4)24-14-18(3)21-11-12-23(27(6)13-8-2)16-22(15-21)26-24;1-2-3-4-5-6/h10-12,14,16-17,25H,7-9,13,15H2,1-6H3;2-6H2,1H3/b19-17+,20-10+;. The second kappa shape index (κ2) is 16.3. The Morgan fingerprint density at radius 2 is 1.85 bits per heavy atom. The Morgan fingerprint density at radius 1 is 1.09 bits per heavy atom. The van der Waals surface area contributed by atoms with E-state index >= 15 is 0 Å². The van der Waals surface area contributed by atoms with Gasteiger partial charge in [0.15, 0.2) is 0 Å². The quantitative estimate of drug-likeness (QED) is 0.327. The van der Waals surface area contributed by atoms with Gasteiger partial charge >= 0.3 is 0 Å². The molecule has 0 aromatic rings. The minimum absolute atomic E-state index is 0.855. The maximum Gasteiger partial charge on any atom is 0.0679 e. The summed E-state index contributed by atoms with van der Waals surface area (Å²) in [6, 6.07) is 0. The van der Waals surface area contributed by atoms with Crippen molar-refractivity contribution >= 4 is 5.71 Å². The van der Waals surface area contributed by atoms with Crippen LogP contribution < -0.4 is 11.1 Å². The van der Waals surface area contributed by atoms with Gasteiger partial charge in [-0.3, -0.25) is 4.99 Å². The first-order valence-corrected chi connectivity index (χ1v) is 12.8. The summed E-state index contributed by atoms with van der Waals surface area (Å²) >= 11 is 0. The Balaban J connectivity index is 0.000000801. The Morgan fingerprint density at radius 3 is 2.45 bits per heavy atom. The highest BCUT2D eigenvalue weighted by Crippen LogP contribution is 2.27. The topological polar surface area (TPSA) is 53.6 Å². The molecule has 0 saturated heterocycles. The molecule has 0 amide bonds. The van der Waals surface area contributed by atoms with Gasteiger partial charge in [-0.1, -0.05) is 52.2 Å². The molecule has 0 radical (unpaired) electrons. The summed E-state index contributed by atoms with van der Waals surface area (Å²) in [5, 5.41) is 3.40. The number of aliphatic imine (C=N–C) groups is 1. The summed E-state index contributed by atoms with van der Waals surface area (Å²) in [5.74, 6) is 0. The van der Waals surface area contributed by atoms with Crippen LogP contribution in [0.1, 0.15) is 86.5 Å². The average molecular weight is 453 g/mol. The summed E-state index contributed by atoms with van der Waals surface area (Å²) in [6.45, 7) is 14.9. The zero-order chi connectivity index (χ0) is 24.6. The molecule has 2 aliphatic rings. The van der Waals surface area contributed by atoms with Crippen LogP contribution in [0.25, 0.3) is 0 Å². The highest BCUT2D eigenvalue weighted by atomic mass is 15.1. The van der Waals surface area contributed by atoms with E-state index in [0.29, 0.717) is 0 Å². The van der Waals surface area contributed by atoms with Crippen molar-refractivity contribution in [1.82, 2.24) is 10.2 Å². The van der Waals surface area contributed by atoms with E-state index in [1.807, 2.05) is 0 Å². The van der Waals surface area contributed by atoms with Crippen LogP contribution in [-0.4, -0.2) is 30.7 Å². The number of allylic oxidation sites excluding steroid dienone is 9. The fraction of sp³-hybridized carbons (Fsp3) is 0.552. The number of nitrogens with zero attached hydrogens (tertiary/aromatic N) is 2. The third kappa shape index (κ3) is 10.9. The van der Waals surface area contributed by atoms with Crippen molar-refractivity contribution in [2.24, 2.45) is 10.7 Å². The van der Waals surface area contributed by atoms with Crippen LogP contribution in [0.3, 0.4) is 0 Å². The van der Waals surface area contributed by atoms with E-state index in [0.717, 1.165) is 49.3 Å². The van der Waals surface area contributed by atoms with Crippen LogP contribution in [-0.2, 0) is 0 Å². The Hall–Kier alpha value is -2.33. The molecule has 1 aliphatic carbocycles. The summed E-state index contributed by atoms with van der Waals surface area (Å²) in [6.07, 6.45) is 21.3. The largest absolute Gasteiger partial charge is 0.375 e. The van der Waals surface area contributed by atoms with Crippen LogP contribution in [0.5, 0.6) is 0 Å². The molecular weight excluding hydrogens is 404 g/mol. The van der Waals surface area contributed by atoms with E-state index in [1.165, 1.54) is 48.2 Å². The highest BCUT2D eigenvalue weighted by Gasteiger charge is 2.15. The van der Waals surface area contributed by atoms with Gasteiger partial charge in [0.2, 0.25) is 0 Å². The molecule has 0 aromatic heterocycles. The molecule has 33 heavy (non-hydrogen) atoms. The predicted octanol–water partition coefficient (Wildman–Crippen LogP) is 7.16. The molecule has 2 bridgehead atoms. The van der Waals surface area contributed by atoms with Crippen molar-refractivity contribution in [3.05, 3.63) is 70.4 Å². The van der Waals surface area contributed by atoms with Gasteiger partial charge in [0, 0.05) is 43.3 Å². The monoisotopic (exact) mass is 452 g/mol. The molecular formula is C29H48N4. The number of likely N-dealkylation sites (N-methyl/N-ethyl adjacent to an activating group) is 1. The van der Waals surface area contributed by atoms with E-state index in [4.69, 9.17) is 10.7 Å². The van der Waals surface area contributed by atoms with E-state index in [1.54, 1.807) is 0 Å². The molecule has 0 fully saturated rings. The van der Waals surface area contributed by atoms with Crippen molar-refractivity contribution in [2.75, 3.05) is 20.1 Å². The molecule has 1 heterocycles. The zero-order valence-electron chi connectivity index (χ0n) is 22.3. The Labute approximate surface area is 203 Å². The van der Waals surface area contributed by atoms with E-state index < -0.39 is 0 Å². The van der Waals surface area contributed by atoms with Crippen molar-refractivity contribution in [1.29, 1.82) is 0 Å². The first-order valence-electron chi connectivity index (χ1n) is 12.8. The van der Waals surface area contributed by atoms with E-state index in [-0.39, 0.29) is 0 Å². The van der Waals surface area contributed by atoms with E-state index in [9.17, 15) is 0 Å².